The number of hydrogen-bond acceptors (Lipinski definition) is 5. The van der Waals surface area contributed by atoms with Gasteiger partial charge in [-0.3, -0.25) is 14.3 Å². The third kappa shape index (κ3) is 4.80. The van der Waals surface area contributed by atoms with E-state index in [9.17, 15) is 9.59 Å². The minimum atomic E-state index is -0.252. The van der Waals surface area contributed by atoms with Gasteiger partial charge in [-0.25, -0.2) is 4.68 Å². The molecule has 37 heavy (non-hydrogen) atoms. The second-order valence-corrected chi connectivity index (χ2v) is 10.1. The molecule has 8 heteroatoms. The molecule has 1 aliphatic heterocycles. The first kappa shape index (κ1) is 24.9. The van der Waals surface area contributed by atoms with Crippen molar-refractivity contribution in [2.45, 2.75) is 77.8 Å². The van der Waals surface area contributed by atoms with E-state index in [2.05, 4.69) is 63.4 Å². The summed E-state index contributed by atoms with van der Waals surface area (Å²) in [6.45, 7) is 5.92. The number of nitrogens with one attached hydrogen (secondary N) is 1. The maximum atomic E-state index is 13.7. The van der Waals surface area contributed by atoms with Crippen molar-refractivity contribution >= 4 is 5.78 Å². The highest BCUT2D eigenvalue weighted by Crippen LogP contribution is 2.33. The normalized spacial score (nSPS) is 17.1. The number of hydrogen-bond donors (Lipinski definition) is 1. The molecule has 0 amide bonds. The molecule has 5 rings (SSSR count). The molecule has 0 spiro atoms. The second kappa shape index (κ2) is 10.7. The Balaban J connectivity index is 1.51. The number of aromatic nitrogens is 6. The van der Waals surface area contributed by atoms with Gasteiger partial charge in [0, 0.05) is 23.2 Å². The molecule has 0 bridgehead atoms. The van der Waals surface area contributed by atoms with Gasteiger partial charge in [-0.2, -0.15) is 5.21 Å². The van der Waals surface area contributed by atoms with Crippen LogP contribution in [0.2, 0.25) is 0 Å². The third-order valence-corrected chi connectivity index (χ3v) is 7.54. The van der Waals surface area contributed by atoms with Gasteiger partial charge in [-0.1, -0.05) is 68.3 Å². The van der Waals surface area contributed by atoms with Crippen LogP contribution in [0.5, 0.6) is 0 Å². The second-order valence-electron chi connectivity index (χ2n) is 10.1. The highest BCUT2D eigenvalue weighted by atomic mass is 16.1. The summed E-state index contributed by atoms with van der Waals surface area (Å²) in [4.78, 5) is 26.3. The zero-order valence-corrected chi connectivity index (χ0v) is 21.8. The molecular formula is C29H34N6O2. The van der Waals surface area contributed by atoms with Crippen molar-refractivity contribution in [3.63, 3.8) is 0 Å². The molecular weight excluding hydrogens is 464 g/mol. The van der Waals surface area contributed by atoms with Crippen LogP contribution in [-0.2, 0) is 17.6 Å². The molecule has 8 nitrogen and oxygen atoms in total. The Morgan fingerprint density at radius 2 is 1.78 bits per heavy atom. The van der Waals surface area contributed by atoms with Gasteiger partial charge in [0.2, 0.25) is 5.82 Å². The van der Waals surface area contributed by atoms with Gasteiger partial charge < -0.3 is 0 Å². The first-order chi connectivity index (χ1) is 18.0. The molecule has 3 heterocycles. The molecule has 2 aromatic heterocycles. The smallest absolute Gasteiger partial charge is 0.270 e. The van der Waals surface area contributed by atoms with Gasteiger partial charge >= 0.3 is 0 Å². The van der Waals surface area contributed by atoms with Crippen LogP contribution in [0.3, 0.4) is 0 Å². The fourth-order valence-electron chi connectivity index (χ4n) is 5.60. The SMILES string of the molecule is CCCCCc1c(Cc2ccc(-c3ccccc3-c3nn[nH]n3)cc2)c(=O)n2n1C(C(C)=O)CCC2C. The van der Waals surface area contributed by atoms with Crippen LogP contribution in [0.15, 0.2) is 53.3 Å². The quantitative estimate of drug-likeness (QED) is 0.316. The maximum absolute atomic E-state index is 13.7. The predicted octanol–water partition coefficient (Wildman–Crippen LogP) is 5.31. The van der Waals surface area contributed by atoms with Crippen molar-refractivity contribution in [1.82, 2.24) is 30.0 Å². The predicted molar refractivity (Wildman–Crippen MR) is 143 cm³/mol. The molecule has 1 aliphatic rings. The molecule has 192 valence electrons. The molecule has 0 aliphatic carbocycles. The summed E-state index contributed by atoms with van der Waals surface area (Å²) in [5.41, 5.74) is 5.97. The Morgan fingerprint density at radius 1 is 1.03 bits per heavy atom. The Kier molecular flexibility index (Phi) is 7.17. The van der Waals surface area contributed by atoms with Crippen LogP contribution in [-0.4, -0.2) is 35.8 Å². The number of nitrogens with zero attached hydrogens (tertiary/aromatic N) is 5. The number of rotatable bonds is 9. The van der Waals surface area contributed by atoms with Crippen molar-refractivity contribution in [3.05, 3.63) is 75.7 Å². The summed E-state index contributed by atoms with van der Waals surface area (Å²) >= 11 is 0. The van der Waals surface area contributed by atoms with Crippen LogP contribution in [0.1, 0.15) is 81.8 Å². The lowest BCUT2D eigenvalue weighted by molar-refractivity contribution is -0.121. The lowest BCUT2D eigenvalue weighted by Gasteiger charge is -2.31. The summed E-state index contributed by atoms with van der Waals surface area (Å²) < 4.78 is 3.92. The van der Waals surface area contributed by atoms with Crippen molar-refractivity contribution in [2.24, 2.45) is 0 Å². The number of carbonyl (C=O) groups is 1. The topological polar surface area (TPSA) is 98.5 Å². The molecule has 1 N–H and O–H groups in total. The van der Waals surface area contributed by atoms with Crippen LogP contribution in [0.25, 0.3) is 22.5 Å². The fourth-order valence-corrected chi connectivity index (χ4v) is 5.60. The lowest BCUT2D eigenvalue weighted by Crippen LogP contribution is -2.36. The molecule has 0 saturated carbocycles. The van der Waals surface area contributed by atoms with E-state index in [1.165, 1.54) is 0 Å². The van der Waals surface area contributed by atoms with E-state index in [0.29, 0.717) is 12.2 Å². The Labute approximate surface area is 216 Å². The number of ketones is 1. The summed E-state index contributed by atoms with van der Waals surface area (Å²) in [6.07, 6.45) is 6.23. The number of Topliss-reactive ketones (excluding diaryl/α,β-unsaturated/α-hetero) is 1. The fraction of sp³-hybridized carbons (Fsp3) is 0.414. The molecule has 2 aromatic carbocycles. The van der Waals surface area contributed by atoms with Crippen LogP contribution in [0, 0.1) is 0 Å². The Hall–Kier alpha value is -3.81. The summed E-state index contributed by atoms with van der Waals surface area (Å²) in [7, 11) is 0. The molecule has 2 unspecified atom stereocenters. The van der Waals surface area contributed by atoms with Crippen molar-refractivity contribution in [2.75, 3.05) is 0 Å². The van der Waals surface area contributed by atoms with Gasteiger partial charge in [0.1, 0.15) is 6.04 Å². The van der Waals surface area contributed by atoms with Gasteiger partial charge in [0.05, 0.1) is 6.04 Å². The van der Waals surface area contributed by atoms with Crippen molar-refractivity contribution in [3.8, 4) is 22.5 Å². The molecule has 0 saturated heterocycles. The minimum Gasteiger partial charge on any atom is -0.298 e. The first-order valence-corrected chi connectivity index (χ1v) is 13.3. The van der Waals surface area contributed by atoms with Gasteiger partial charge in [-0.15, -0.1) is 10.2 Å². The van der Waals surface area contributed by atoms with Crippen LogP contribution < -0.4 is 5.56 Å². The van der Waals surface area contributed by atoms with E-state index in [0.717, 1.165) is 72.0 Å². The molecule has 4 aromatic rings. The van der Waals surface area contributed by atoms with E-state index in [-0.39, 0.29) is 23.4 Å². The highest BCUT2D eigenvalue weighted by molar-refractivity contribution is 5.81. The number of aromatic amines is 1. The van der Waals surface area contributed by atoms with E-state index in [1.54, 1.807) is 6.92 Å². The number of fused-ring (bicyclic) bond motifs is 1. The number of benzene rings is 2. The third-order valence-electron chi connectivity index (χ3n) is 7.54. The number of unbranched alkanes of at least 4 members (excludes halogenated alkanes) is 2. The molecule has 0 radical (unpaired) electrons. The van der Waals surface area contributed by atoms with Crippen molar-refractivity contribution < 1.29 is 4.79 Å². The summed E-state index contributed by atoms with van der Waals surface area (Å²) in [5, 5.41) is 14.5. The number of carbonyl (C=O) groups excluding carboxylic acids is 1. The van der Waals surface area contributed by atoms with Crippen molar-refractivity contribution in [1.29, 1.82) is 0 Å². The average molecular weight is 499 g/mol. The van der Waals surface area contributed by atoms with Crippen LogP contribution >= 0.6 is 0 Å². The number of tetrazole rings is 1. The Morgan fingerprint density at radius 3 is 2.46 bits per heavy atom. The first-order valence-electron chi connectivity index (χ1n) is 13.3. The lowest BCUT2D eigenvalue weighted by atomic mass is 9.96. The van der Waals surface area contributed by atoms with E-state index < -0.39 is 0 Å². The standard InChI is InChI=1S/C29H34N6O2/c1-4-5-6-11-27-25(29(37)34-19(2)12-17-26(20(3)36)35(27)34)18-21-13-15-22(16-14-21)23-9-7-8-10-24(23)28-30-32-33-31-28/h7-10,13-16,19,26H,4-6,11-12,17-18H2,1-3H3,(H,30,31,32,33). The van der Waals surface area contributed by atoms with E-state index >= 15 is 0 Å². The largest absolute Gasteiger partial charge is 0.298 e. The van der Waals surface area contributed by atoms with Gasteiger partial charge in [0.25, 0.3) is 5.56 Å². The average Bonchev–Trinajstić information content (AvgIpc) is 3.53. The summed E-state index contributed by atoms with van der Waals surface area (Å²) in [5.74, 6) is 0.682. The number of H-pyrrole nitrogens is 1. The van der Waals surface area contributed by atoms with Crippen LogP contribution in [0.4, 0.5) is 0 Å². The monoisotopic (exact) mass is 498 g/mol. The van der Waals surface area contributed by atoms with E-state index in [4.69, 9.17) is 0 Å². The minimum absolute atomic E-state index is 0.0523. The zero-order valence-electron chi connectivity index (χ0n) is 21.8. The van der Waals surface area contributed by atoms with Gasteiger partial charge in [0.15, 0.2) is 5.78 Å². The highest BCUT2D eigenvalue weighted by Gasteiger charge is 2.33. The maximum Gasteiger partial charge on any atom is 0.270 e. The van der Waals surface area contributed by atoms with Gasteiger partial charge in [-0.05, 0) is 61.4 Å². The Bertz CT molecular complexity index is 1430. The molecule has 0 fully saturated rings. The zero-order chi connectivity index (χ0) is 25.9. The summed E-state index contributed by atoms with van der Waals surface area (Å²) in [6, 6.07) is 16.2. The molecule has 2 atom stereocenters. The van der Waals surface area contributed by atoms with E-state index in [1.807, 2.05) is 28.9 Å².